The molecule has 0 radical (unpaired) electrons. The first-order valence-corrected chi connectivity index (χ1v) is 5.97. The first kappa shape index (κ1) is 14.2. The zero-order chi connectivity index (χ0) is 13.4. The van der Waals surface area contributed by atoms with E-state index < -0.39 is 5.97 Å². The molecule has 1 aliphatic heterocycles. The first-order valence-electron chi connectivity index (χ1n) is 5.97. The van der Waals surface area contributed by atoms with Crippen LogP contribution in [0.1, 0.15) is 47.5 Å². The smallest absolute Gasteiger partial charge is 0.330 e. The van der Waals surface area contributed by atoms with Crippen molar-refractivity contribution in [1.82, 2.24) is 5.06 Å². The summed E-state index contributed by atoms with van der Waals surface area (Å²) in [5, 5.41) is 20.4. The highest BCUT2D eigenvalue weighted by Crippen LogP contribution is 2.40. The fourth-order valence-corrected chi connectivity index (χ4v) is 2.89. The fraction of sp³-hybridized carbons (Fsp3) is 0.769. The van der Waals surface area contributed by atoms with Gasteiger partial charge in [-0.25, -0.2) is 4.79 Å². The van der Waals surface area contributed by atoms with Gasteiger partial charge in [-0.1, -0.05) is 6.08 Å². The summed E-state index contributed by atoms with van der Waals surface area (Å²) >= 11 is 0. The van der Waals surface area contributed by atoms with E-state index in [1.54, 1.807) is 6.92 Å². The van der Waals surface area contributed by atoms with Crippen molar-refractivity contribution >= 4 is 5.97 Å². The minimum absolute atomic E-state index is 0.194. The van der Waals surface area contributed by atoms with E-state index in [9.17, 15) is 10.0 Å². The highest BCUT2D eigenvalue weighted by Gasteiger charge is 2.44. The number of nitrogens with zero attached hydrogens (tertiary/aromatic N) is 1. The van der Waals surface area contributed by atoms with Gasteiger partial charge in [0.2, 0.25) is 0 Å². The quantitative estimate of drug-likeness (QED) is 0.730. The molecule has 1 fully saturated rings. The van der Waals surface area contributed by atoms with Crippen LogP contribution in [-0.2, 0) is 4.79 Å². The van der Waals surface area contributed by atoms with Crippen LogP contribution in [0.2, 0.25) is 0 Å². The molecule has 0 amide bonds. The van der Waals surface area contributed by atoms with Crippen LogP contribution < -0.4 is 0 Å². The summed E-state index contributed by atoms with van der Waals surface area (Å²) in [6.07, 6.45) is 3.34. The molecule has 1 saturated heterocycles. The van der Waals surface area contributed by atoms with Crippen LogP contribution in [0.15, 0.2) is 11.6 Å². The van der Waals surface area contributed by atoms with Gasteiger partial charge in [0.15, 0.2) is 0 Å². The fourth-order valence-electron chi connectivity index (χ4n) is 2.89. The molecule has 1 aliphatic rings. The molecule has 0 unspecified atom stereocenters. The molecule has 0 atom stereocenters. The van der Waals surface area contributed by atoms with E-state index in [2.05, 4.69) is 0 Å². The third kappa shape index (κ3) is 3.07. The normalized spacial score (nSPS) is 25.9. The number of carboxylic acids is 1. The lowest BCUT2D eigenvalue weighted by molar-refractivity contribution is -0.247. The Balaban J connectivity index is 2.93. The van der Waals surface area contributed by atoms with Gasteiger partial charge in [-0.3, -0.25) is 0 Å². The van der Waals surface area contributed by atoms with Gasteiger partial charge >= 0.3 is 5.97 Å². The van der Waals surface area contributed by atoms with Crippen LogP contribution >= 0.6 is 0 Å². The molecule has 0 spiro atoms. The van der Waals surface area contributed by atoms with Crippen LogP contribution in [0.4, 0.5) is 0 Å². The molecule has 1 heterocycles. The molecule has 0 saturated carbocycles. The van der Waals surface area contributed by atoms with Gasteiger partial charge < -0.3 is 10.3 Å². The lowest BCUT2D eigenvalue weighted by Crippen LogP contribution is -2.58. The molecule has 98 valence electrons. The average molecular weight is 241 g/mol. The summed E-state index contributed by atoms with van der Waals surface area (Å²) in [4.78, 5) is 10.8. The topological polar surface area (TPSA) is 60.8 Å². The number of aliphatic carboxylic acids is 1. The zero-order valence-electron chi connectivity index (χ0n) is 11.3. The molecule has 0 bridgehead atoms. The molecule has 2 N–H and O–H groups in total. The van der Waals surface area contributed by atoms with Crippen LogP contribution in [0.3, 0.4) is 0 Å². The van der Waals surface area contributed by atoms with Gasteiger partial charge in [-0.15, -0.1) is 0 Å². The molecule has 0 aromatic heterocycles. The predicted molar refractivity (Wildman–Crippen MR) is 65.9 cm³/mol. The molecule has 0 aromatic rings. The first-order chi connectivity index (χ1) is 7.56. The molecular formula is C13H23NO3. The van der Waals surface area contributed by atoms with Gasteiger partial charge in [-0.2, -0.15) is 5.06 Å². The molecule has 17 heavy (non-hydrogen) atoms. The van der Waals surface area contributed by atoms with E-state index in [0.717, 1.165) is 12.8 Å². The SMILES string of the molecule is CC(=CC1CC(C)(C)N(O)C(C)(C)C1)C(=O)O. The summed E-state index contributed by atoms with van der Waals surface area (Å²) in [7, 11) is 0. The predicted octanol–water partition coefficient (Wildman–Crippen LogP) is 2.68. The van der Waals surface area contributed by atoms with Crippen molar-refractivity contribution in [2.75, 3.05) is 0 Å². The van der Waals surface area contributed by atoms with Gasteiger partial charge in [0, 0.05) is 16.7 Å². The Kier molecular flexibility index (Phi) is 3.69. The van der Waals surface area contributed by atoms with Crippen molar-refractivity contribution in [3.05, 3.63) is 11.6 Å². The number of piperidine rings is 1. The Morgan fingerprint density at radius 1 is 1.24 bits per heavy atom. The van der Waals surface area contributed by atoms with Crippen LogP contribution in [0.25, 0.3) is 0 Å². The van der Waals surface area contributed by atoms with Crippen molar-refractivity contribution in [3.8, 4) is 0 Å². The Morgan fingerprint density at radius 2 is 1.65 bits per heavy atom. The van der Waals surface area contributed by atoms with Crippen LogP contribution in [0.5, 0.6) is 0 Å². The molecule has 0 aromatic carbocycles. The highest BCUT2D eigenvalue weighted by atomic mass is 16.5. The average Bonchev–Trinajstić information content (AvgIpc) is 2.12. The summed E-state index contributed by atoms with van der Waals surface area (Å²) < 4.78 is 0. The van der Waals surface area contributed by atoms with Crippen LogP contribution in [-0.4, -0.2) is 32.4 Å². The summed E-state index contributed by atoms with van der Waals surface area (Å²) in [6, 6.07) is 0. The molecule has 1 rings (SSSR count). The maximum atomic E-state index is 10.8. The molecular weight excluding hydrogens is 218 g/mol. The Hall–Kier alpha value is -0.870. The van der Waals surface area contributed by atoms with Gasteiger partial charge in [0.25, 0.3) is 0 Å². The number of allylic oxidation sites excluding steroid dienone is 1. The Bertz CT molecular complexity index is 327. The van der Waals surface area contributed by atoms with E-state index in [1.807, 2.05) is 33.8 Å². The zero-order valence-corrected chi connectivity index (χ0v) is 11.3. The van der Waals surface area contributed by atoms with Crippen molar-refractivity contribution in [2.45, 2.75) is 58.5 Å². The largest absolute Gasteiger partial charge is 0.478 e. The lowest BCUT2D eigenvalue weighted by atomic mass is 9.75. The third-order valence-electron chi connectivity index (χ3n) is 3.49. The van der Waals surface area contributed by atoms with E-state index in [0.29, 0.717) is 5.57 Å². The molecule has 4 nitrogen and oxygen atoms in total. The van der Waals surface area contributed by atoms with E-state index in [-0.39, 0.29) is 17.0 Å². The Morgan fingerprint density at radius 3 is 2.00 bits per heavy atom. The summed E-state index contributed by atoms with van der Waals surface area (Å²) in [5.74, 6) is -0.674. The Labute approximate surface area is 103 Å². The number of hydroxylamine groups is 2. The van der Waals surface area contributed by atoms with Crippen molar-refractivity contribution in [2.24, 2.45) is 5.92 Å². The van der Waals surface area contributed by atoms with E-state index >= 15 is 0 Å². The van der Waals surface area contributed by atoms with Crippen LogP contribution in [0, 0.1) is 5.92 Å². The molecule has 0 aliphatic carbocycles. The number of hydrogen-bond acceptors (Lipinski definition) is 3. The standard InChI is InChI=1S/C13H23NO3/c1-9(11(15)16)6-10-7-12(2,3)14(17)13(4,5)8-10/h6,10,17H,7-8H2,1-5H3,(H,15,16). The van der Waals surface area contributed by atoms with Crippen molar-refractivity contribution in [1.29, 1.82) is 0 Å². The van der Waals surface area contributed by atoms with Gasteiger partial charge in [0.05, 0.1) is 0 Å². The third-order valence-corrected chi connectivity index (χ3v) is 3.49. The number of carboxylic acid groups (broad SMARTS) is 1. The maximum Gasteiger partial charge on any atom is 0.330 e. The minimum Gasteiger partial charge on any atom is -0.478 e. The van der Waals surface area contributed by atoms with Gasteiger partial charge in [0.1, 0.15) is 0 Å². The monoisotopic (exact) mass is 241 g/mol. The summed E-state index contributed by atoms with van der Waals surface area (Å²) in [5.41, 5.74) is -0.281. The van der Waals surface area contributed by atoms with Crippen molar-refractivity contribution < 1.29 is 15.1 Å². The number of hydrogen-bond donors (Lipinski definition) is 2. The number of carbonyl (C=O) groups is 1. The highest BCUT2D eigenvalue weighted by molar-refractivity contribution is 5.85. The minimum atomic E-state index is -0.868. The second-order valence-corrected chi connectivity index (χ2v) is 6.26. The number of rotatable bonds is 2. The second kappa shape index (κ2) is 4.42. The van der Waals surface area contributed by atoms with E-state index in [1.165, 1.54) is 5.06 Å². The lowest BCUT2D eigenvalue weighted by Gasteiger charge is -2.51. The molecule has 4 heteroatoms. The van der Waals surface area contributed by atoms with E-state index in [4.69, 9.17) is 5.11 Å². The second-order valence-electron chi connectivity index (χ2n) is 6.26. The van der Waals surface area contributed by atoms with Gasteiger partial charge in [-0.05, 0) is 53.4 Å². The maximum absolute atomic E-state index is 10.8. The van der Waals surface area contributed by atoms with Crippen molar-refractivity contribution in [3.63, 3.8) is 0 Å². The summed E-state index contributed by atoms with van der Waals surface area (Å²) in [6.45, 7) is 9.53.